The number of hydrogen-bond acceptors (Lipinski definition) is 4. The van der Waals surface area contributed by atoms with Gasteiger partial charge in [0, 0.05) is 11.8 Å². The Kier molecular flexibility index (Phi) is 3.16. The second-order valence-corrected chi connectivity index (χ2v) is 4.64. The smallest absolute Gasteiger partial charge is 0.260 e. The molecule has 6 heteroatoms. The van der Waals surface area contributed by atoms with Crippen molar-refractivity contribution in [3.63, 3.8) is 0 Å². The Morgan fingerprint density at radius 1 is 1.16 bits per heavy atom. The Labute approximate surface area is 117 Å². The molecule has 0 radical (unpaired) electrons. The number of carbonyl (C=O) groups excluding carboxylic acids is 1. The van der Waals surface area contributed by atoms with Gasteiger partial charge in [0.15, 0.2) is 16.2 Å². The fourth-order valence-corrected chi connectivity index (χ4v) is 2.20. The zero-order chi connectivity index (χ0) is 13.2. The van der Waals surface area contributed by atoms with Crippen LogP contribution in [-0.2, 0) is 0 Å². The van der Waals surface area contributed by atoms with E-state index in [1.165, 1.54) is 6.26 Å². The summed E-state index contributed by atoms with van der Waals surface area (Å²) < 4.78 is 16.3. The molecule has 5 nitrogen and oxygen atoms in total. The Balaban J connectivity index is 1.80. The lowest BCUT2D eigenvalue weighted by molar-refractivity contribution is 0.102. The fraction of sp³-hybridized carbons (Fsp3) is 0.154. The molecule has 0 saturated heterocycles. The number of ether oxygens (including phenoxy) is 2. The second kappa shape index (κ2) is 4.97. The van der Waals surface area contributed by atoms with Gasteiger partial charge in [0.2, 0.25) is 0 Å². The van der Waals surface area contributed by atoms with E-state index in [1.54, 1.807) is 24.3 Å². The average molecular weight is 324 g/mol. The standard InChI is InChI=1S/C13H10BrNO4/c14-12-9(3-4-19-12)13(16)15-8-1-2-10-11(7-8)18-6-5-17-10/h1-4,7H,5-6H2,(H,15,16). The molecule has 0 spiro atoms. The Hall–Kier alpha value is -1.95. The fourth-order valence-electron chi connectivity index (χ4n) is 1.78. The van der Waals surface area contributed by atoms with Crippen molar-refractivity contribution < 1.29 is 18.7 Å². The Bertz CT molecular complexity index is 623. The predicted molar refractivity (Wildman–Crippen MR) is 71.8 cm³/mol. The van der Waals surface area contributed by atoms with Gasteiger partial charge in [0.1, 0.15) is 13.2 Å². The van der Waals surface area contributed by atoms with E-state index in [4.69, 9.17) is 13.9 Å². The van der Waals surface area contributed by atoms with Crippen LogP contribution in [0.4, 0.5) is 5.69 Å². The van der Waals surface area contributed by atoms with Crippen LogP contribution in [0, 0.1) is 0 Å². The van der Waals surface area contributed by atoms with Crippen molar-refractivity contribution in [2.45, 2.75) is 0 Å². The van der Waals surface area contributed by atoms with Crippen molar-refractivity contribution in [2.24, 2.45) is 0 Å². The molecule has 98 valence electrons. The maximum Gasteiger partial charge on any atom is 0.260 e. The van der Waals surface area contributed by atoms with E-state index in [0.29, 0.717) is 40.6 Å². The van der Waals surface area contributed by atoms with E-state index in [1.807, 2.05) is 0 Å². The number of anilines is 1. The van der Waals surface area contributed by atoms with Gasteiger partial charge in [-0.3, -0.25) is 4.79 Å². The van der Waals surface area contributed by atoms with Gasteiger partial charge < -0.3 is 19.2 Å². The lowest BCUT2D eigenvalue weighted by Gasteiger charge is -2.18. The van der Waals surface area contributed by atoms with Crippen molar-refractivity contribution in [1.29, 1.82) is 0 Å². The molecule has 1 N–H and O–H groups in total. The molecule has 0 aliphatic carbocycles. The van der Waals surface area contributed by atoms with Gasteiger partial charge in [-0.25, -0.2) is 0 Å². The lowest BCUT2D eigenvalue weighted by Crippen LogP contribution is -2.16. The van der Waals surface area contributed by atoms with Crippen LogP contribution in [0.1, 0.15) is 10.4 Å². The minimum absolute atomic E-state index is 0.252. The van der Waals surface area contributed by atoms with E-state index < -0.39 is 0 Å². The van der Waals surface area contributed by atoms with Crippen LogP contribution in [-0.4, -0.2) is 19.1 Å². The third-order valence-corrected chi connectivity index (χ3v) is 3.28. The number of furan rings is 1. The Morgan fingerprint density at radius 2 is 1.95 bits per heavy atom. The van der Waals surface area contributed by atoms with E-state index in [0.717, 1.165) is 0 Å². The highest BCUT2D eigenvalue weighted by molar-refractivity contribution is 9.10. The summed E-state index contributed by atoms with van der Waals surface area (Å²) in [6.07, 6.45) is 1.45. The number of amides is 1. The van der Waals surface area contributed by atoms with Gasteiger partial charge in [-0.1, -0.05) is 0 Å². The number of rotatable bonds is 2. The summed E-state index contributed by atoms with van der Waals surface area (Å²) in [6, 6.07) is 6.87. The molecule has 0 fully saturated rings. The first kappa shape index (κ1) is 12.1. The molecule has 0 unspecified atom stereocenters. The van der Waals surface area contributed by atoms with Crippen LogP contribution in [0.15, 0.2) is 39.6 Å². The molecule has 0 bridgehead atoms. The third kappa shape index (κ3) is 2.44. The van der Waals surface area contributed by atoms with Gasteiger partial charge in [-0.05, 0) is 34.1 Å². The highest BCUT2D eigenvalue weighted by atomic mass is 79.9. The molecule has 0 saturated carbocycles. The van der Waals surface area contributed by atoms with Crippen LogP contribution in [0.3, 0.4) is 0 Å². The zero-order valence-corrected chi connectivity index (χ0v) is 11.4. The van der Waals surface area contributed by atoms with Crippen molar-refractivity contribution in [1.82, 2.24) is 0 Å². The van der Waals surface area contributed by atoms with Gasteiger partial charge in [-0.15, -0.1) is 0 Å². The molecule has 19 heavy (non-hydrogen) atoms. The molecule has 2 heterocycles. The van der Waals surface area contributed by atoms with Gasteiger partial charge in [-0.2, -0.15) is 0 Å². The maximum absolute atomic E-state index is 12.0. The van der Waals surface area contributed by atoms with Crippen molar-refractivity contribution in [2.75, 3.05) is 18.5 Å². The first-order valence-corrected chi connectivity index (χ1v) is 6.47. The summed E-state index contributed by atoms with van der Waals surface area (Å²) in [5.41, 5.74) is 1.08. The number of carbonyl (C=O) groups is 1. The molecule has 1 aliphatic heterocycles. The molecule has 1 aromatic carbocycles. The molecular weight excluding hydrogens is 314 g/mol. The summed E-state index contributed by atoms with van der Waals surface area (Å²) in [4.78, 5) is 12.0. The minimum Gasteiger partial charge on any atom is -0.486 e. The van der Waals surface area contributed by atoms with Gasteiger partial charge in [0.05, 0.1) is 11.8 Å². The lowest BCUT2D eigenvalue weighted by atomic mass is 10.2. The number of fused-ring (bicyclic) bond motifs is 1. The normalized spacial score (nSPS) is 13.1. The number of halogens is 1. The molecular formula is C13H10BrNO4. The van der Waals surface area contributed by atoms with Gasteiger partial charge >= 0.3 is 0 Å². The molecule has 1 aliphatic rings. The SMILES string of the molecule is O=C(Nc1ccc2c(c1)OCCO2)c1ccoc1Br. The summed E-state index contributed by atoms with van der Waals surface area (Å²) in [6.45, 7) is 1.05. The van der Waals surface area contributed by atoms with E-state index >= 15 is 0 Å². The van der Waals surface area contributed by atoms with Crippen LogP contribution in [0.5, 0.6) is 11.5 Å². The monoisotopic (exact) mass is 323 g/mol. The summed E-state index contributed by atoms with van der Waals surface area (Å²) in [5.74, 6) is 1.07. The third-order valence-electron chi connectivity index (χ3n) is 2.66. The molecule has 1 aromatic heterocycles. The van der Waals surface area contributed by atoms with Crippen LogP contribution in [0.2, 0.25) is 0 Å². The first-order valence-electron chi connectivity index (χ1n) is 5.68. The predicted octanol–water partition coefficient (Wildman–Crippen LogP) is 3.07. The topological polar surface area (TPSA) is 60.7 Å². The number of hydrogen-bond donors (Lipinski definition) is 1. The average Bonchev–Trinajstić information content (AvgIpc) is 2.85. The summed E-state index contributed by atoms with van der Waals surface area (Å²) in [5, 5.41) is 2.77. The number of nitrogens with one attached hydrogen (secondary N) is 1. The molecule has 1 amide bonds. The van der Waals surface area contributed by atoms with Crippen molar-refractivity contribution in [3.05, 3.63) is 40.8 Å². The quantitative estimate of drug-likeness (QED) is 0.922. The van der Waals surface area contributed by atoms with E-state index in [2.05, 4.69) is 21.2 Å². The molecule has 0 atom stereocenters. The van der Waals surface area contributed by atoms with Gasteiger partial charge in [0.25, 0.3) is 5.91 Å². The Morgan fingerprint density at radius 3 is 2.68 bits per heavy atom. The maximum atomic E-state index is 12.0. The van der Waals surface area contributed by atoms with Crippen LogP contribution in [0.25, 0.3) is 0 Å². The van der Waals surface area contributed by atoms with Crippen molar-refractivity contribution >= 4 is 27.5 Å². The molecule has 3 rings (SSSR count). The highest BCUT2D eigenvalue weighted by Crippen LogP contribution is 2.32. The van der Waals surface area contributed by atoms with E-state index in [9.17, 15) is 4.79 Å². The summed E-state index contributed by atoms with van der Waals surface area (Å²) in [7, 11) is 0. The first-order chi connectivity index (χ1) is 9.24. The van der Waals surface area contributed by atoms with Crippen LogP contribution >= 0.6 is 15.9 Å². The summed E-state index contributed by atoms with van der Waals surface area (Å²) >= 11 is 3.17. The van der Waals surface area contributed by atoms with Crippen LogP contribution < -0.4 is 14.8 Å². The largest absolute Gasteiger partial charge is 0.486 e. The zero-order valence-electron chi connectivity index (χ0n) is 9.81. The highest BCUT2D eigenvalue weighted by Gasteiger charge is 2.15. The van der Waals surface area contributed by atoms with E-state index in [-0.39, 0.29) is 5.91 Å². The van der Waals surface area contributed by atoms with Crippen molar-refractivity contribution in [3.8, 4) is 11.5 Å². The minimum atomic E-state index is -0.252. The second-order valence-electron chi connectivity index (χ2n) is 3.92. The molecule has 2 aromatic rings. The number of benzene rings is 1.